The van der Waals surface area contributed by atoms with Crippen molar-refractivity contribution in [2.75, 3.05) is 19.6 Å². The standard InChI is InChI=1S/C17H26N2O/c18-10-11-19(15-7-2-1-3-8-15)13-16-12-14-6-4-5-9-17(14)20-16/h4-6,9,15-16H,1-3,7-8,10-13,18H2. The lowest BCUT2D eigenvalue weighted by molar-refractivity contribution is 0.0994. The summed E-state index contributed by atoms with van der Waals surface area (Å²) >= 11 is 0. The summed E-state index contributed by atoms with van der Waals surface area (Å²) in [5, 5.41) is 0. The normalized spacial score (nSPS) is 22.8. The van der Waals surface area contributed by atoms with Gasteiger partial charge in [0.2, 0.25) is 0 Å². The fourth-order valence-electron chi connectivity index (χ4n) is 3.65. The average Bonchev–Trinajstić information content (AvgIpc) is 2.90. The van der Waals surface area contributed by atoms with Crippen LogP contribution in [0.2, 0.25) is 0 Å². The van der Waals surface area contributed by atoms with E-state index in [2.05, 4.69) is 29.2 Å². The van der Waals surface area contributed by atoms with Crippen LogP contribution in [-0.2, 0) is 6.42 Å². The molecule has 1 unspecified atom stereocenters. The van der Waals surface area contributed by atoms with Gasteiger partial charge in [-0.2, -0.15) is 0 Å². The van der Waals surface area contributed by atoms with Crippen LogP contribution in [0.1, 0.15) is 37.7 Å². The average molecular weight is 274 g/mol. The van der Waals surface area contributed by atoms with Gasteiger partial charge in [0.15, 0.2) is 0 Å². The maximum Gasteiger partial charge on any atom is 0.123 e. The summed E-state index contributed by atoms with van der Waals surface area (Å²) in [6.07, 6.45) is 8.16. The molecule has 1 heterocycles. The van der Waals surface area contributed by atoms with E-state index < -0.39 is 0 Å². The van der Waals surface area contributed by atoms with Crippen molar-refractivity contribution in [1.29, 1.82) is 0 Å². The largest absolute Gasteiger partial charge is 0.488 e. The highest BCUT2D eigenvalue weighted by Crippen LogP contribution is 2.30. The number of nitrogens with zero attached hydrogens (tertiary/aromatic N) is 1. The molecule has 1 saturated carbocycles. The summed E-state index contributed by atoms with van der Waals surface area (Å²) in [6.45, 7) is 2.77. The first-order chi connectivity index (χ1) is 9.86. The van der Waals surface area contributed by atoms with E-state index in [1.165, 1.54) is 37.7 Å². The fraction of sp³-hybridized carbons (Fsp3) is 0.647. The third kappa shape index (κ3) is 3.15. The number of hydrogen-bond donors (Lipinski definition) is 1. The van der Waals surface area contributed by atoms with Crippen molar-refractivity contribution in [3.8, 4) is 5.75 Å². The fourth-order valence-corrected chi connectivity index (χ4v) is 3.65. The topological polar surface area (TPSA) is 38.5 Å². The molecule has 1 aliphatic carbocycles. The Morgan fingerprint density at radius 1 is 1.15 bits per heavy atom. The van der Waals surface area contributed by atoms with Gasteiger partial charge in [-0.25, -0.2) is 0 Å². The van der Waals surface area contributed by atoms with Crippen molar-refractivity contribution in [2.24, 2.45) is 5.73 Å². The molecule has 1 fully saturated rings. The number of nitrogens with two attached hydrogens (primary N) is 1. The molecule has 1 atom stereocenters. The third-order valence-corrected chi connectivity index (χ3v) is 4.66. The highest BCUT2D eigenvalue weighted by Gasteiger charge is 2.28. The van der Waals surface area contributed by atoms with Crippen LogP contribution in [0.5, 0.6) is 5.75 Å². The molecule has 2 aliphatic rings. The van der Waals surface area contributed by atoms with Crippen molar-refractivity contribution in [3.63, 3.8) is 0 Å². The van der Waals surface area contributed by atoms with Crippen LogP contribution >= 0.6 is 0 Å². The predicted molar refractivity (Wildman–Crippen MR) is 82.1 cm³/mol. The van der Waals surface area contributed by atoms with E-state index in [0.717, 1.165) is 37.8 Å². The van der Waals surface area contributed by atoms with Gasteiger partial charge in [-0.1, -0.05) is 37.5 Å². The minimum absolute atomic E-state index is 0.306. The predicted octanol–water partition coefficient (Wildman–Crippen LogP) is 2.58. The summed E-state index contributed by atoms with van der Waals surface area (Å²) in [5.41, 5.74) is 7.17. The van der Waals surface area contributed by atoms with Gasteiger partial charge in [0.05, 0.1) is 0 Å². The first-order valence-corrected chi connectivity index (χ1v) is 8.05. The highest BCUT2D eigenvalue weighted by molar-refractivity contribution is 5.37. The number of benzene rings is 1. The maximum atomic E-state index is 6.09. The van der Waals surface area contributed by atoms with Crippen LogP contribution in [-0.4, -0.2) is 36.7 Å². The molecular formula is C17H26N2O. The Morgan fingerprint density at radius 2 is 1.95 bits per heavy atom. The first-order valence-electron chi connectivity index (χ1n) is 8.05. The van der Waals surface area contributed by atoms with Gasteiger partial charge in [-0.3, -0.25) is 4.90 Å². The second-order valence-corrected chi connectivity index (χ2v) is 6.13. The zero-order chi connectivity index (χ0) is 13.8. The zero-order valence-corrected chi connectivity index (χ0v) is 12.3. The van der Waals surface area contributed by atoms with Gasteiger partial charge in [0, 0.05) is 32.1 Å². The minimum atomic E-state index is 0.306. The van der Waals surface area contributed by atoms with Crippen molar-refractivity contribution in [1.82, 2.24) is 4.90 Å². The number of fused-ring (bicyclic) bond motifs is 1. The number of rotatable bonds is 5. The van der Waals surface area contributed by atoms with Crippen LogP contribution in [0.3, 0.4) is 0 Å². The molecule has 110 valence electrons. The molecule has 0 saturated heterocycles. The Hall–Kier alpha value is -1.06. The molecule has 3 rings (SSSR count). The van der Waals surface area contributed by atoms with Gasteiger partial charge in [0.1, 0.15) is 11.9 Å². The Bertz CT molecular complexity index is 404. The second-order valence-electron chi connectivity index (χ2n) is 6.13. The monoisotopic (exact) mass is 274 g/mol. The van der Waals surface area contributed by atoms with E-state index in [0.29, 0.717) is 6.10 Å². The summed E-state index contributed by atoms with van der Waals surface area (Å²) < 4.78 is 6.09. The van der Waals surface area contributed by atoms with Gasteiger partial charge in [0.25, 0.3) is 0 Å². The number of hydrogen-bond acceptors (Lipinski definition) is 3. The molecule has 20 heavy (non-hydrogen) atoms. The second kappa shape index (κ2) is 6.59. The van der Waals surface area contributed by atoms with Crippen LogP contribution in [0.4, 0.5) is 0 Å². The van der Waals surface area contributed by atoms with Gasteiger partial charge in [-0.15, -0.1) is 0 Å². The number of ether oxygens (including phenoxy) is 1. The molecule has 1 aromatic carbocycles. The molecule has 0 bridgehead atoms. The molecule has 3 heteroatoms. The summed E-state index contributed by atoms with van der Waals surface area (Å²) in [7, 11) is 0. The molecule has 0 spiro atoms. The lowest BCUT2D eigenvalue weighted by atomic mass is 9.93. The van der Waals surface area contributed by atoms with Crippen molar-refractivity contribution in [3.05, 3.63) is 29.8 Å². The zero-order valence-electron chi connectivity index (χ0n) is 12.3. The van der Waals surface area contributed by atoms with Crippen LogP contribution in [0.25, 0.3) is 0 Å². The quantitative estimate of drug-likeness (QED) is 0.897. The van der Waals surface area contributed by atoms with Crippen LogP contribution in [0.15, 0.2) is 24.3 Å². The molecule has 1 aromatic rings. The molecule has 0 amide bonds. The van der Waals surface area contributed by atoms with Crippen LogP contribution < -0.4 is 10.5 Å². The molecule has 0 aromatic heterocycles. The van der Waals surface area contributed by atoms with E-state index in [1.807, 2.05) is 0 Å². The number of para-hydroxylation sites is 1. The molecule has 1 aliphatic heterocycles. The summed E-state index contributed by atoms with van der Waals surface area (Å²) in [5.74, 6) is 1.08. The summed E-state index contributed by atoms with van der Waals surface area (Å²) in [6, 6.07) is 9.15. The SMILES string of the molecule is NCCN(CC1Cc2ccccc2O1)C1CCCCC1. The minimum Gasteiger partial charge on any atom is -0.488 e. The Morgan fingerprint density at radius 3 is 2.70 bits per heavy atom. The van der Waals surface area contributed by atoms with E-state index in [9.17, 15) is 0 Å². The smallest absolute Gasteiger partial charge is 0.123 e. The van der Waals surface area contributed by atoms with Crippen LogP contribution in [0, 0.1) is 0 Å². The van der Waals surface area contributed by atoms with E-state index in [-0.39, 0.29) is 0 Å². The maximum absolute atomic E-state index is 6.09. The first kappa shape index (κ1) is 13.9. The molecule has 0 radical (unpaired) electrons. The Kier molecular flexibility index (Phi) is 4.58. The molecular weight excluding hydrogens is 248 g/mol. The lowest BCUT2D eigenvalue weighted by Crippen LogP contribution is -2.45. The van der Waals surface area contributed by atoms with Crippen molar-refractivity contribution in [2.45, 2.75) is 50.7 Å². The van der Waals surface area contributed by atoms with Crippen molar-refractivity contribution >= 4 is 0 Å². The van der Waals surface area contributed by atoms with Gasteiger partial charge < -0.3 is 10.5 Å². The Labute approximate surface area is 122 Å². The highest BCUT2D eigenvalue weighted by atomic mass is 16.5. The van der Waals surface area contributed by atoms with E-state index >= 15 is 0 Å². The molecule has 3 nitrogen and oxygen atoms in total. The van der Waals surface area contributed by atoms with E-state index in [4.69, 9.17) is 10.5 Å². The Balaban J connectivity index is 1.60. The lowest BCUT2D eigenvalue weighted by Gasteiger charge is -2.35. The molecule has 2 N–H and O–H groups in total. The van der Waals surface area contributed by atoms with E-state index in [1.54, 1.807) is 0 Å². The van der Waals surface area contributed by atoms with Crippen molar-refractivity contribution < 1.29 is 4.74 Å². The van der Waals surface area contributed by atoms with Gasteiger partial charge >= 0.3 is 0 Å². The van der Waals surface area contributed by atoms with Gasteiger partial charge in [-0.05, 0) is 24.5 Å². The third-order valence-electron chi connectivity index (χ3n) is 4.66. The summed E-state index contributed by atoms with van der Waals surface area (Å²) in [4.78, 5) is 2.58.